The molecule has 0 atom stereocenters. The third kappa shape index (κ3) is 4.03. The lowest BCUT2D eigenvalue weighted by Gasteiger charge is -2.13. The summed E-state index contributed by atoms with van der Waals surface area (Å²) in [5.74, 6) is -0.519. The largest absolute Gasteiger partial charge is 0.450 e. The number of benzene rings is 2. The zero-order valence-electron chi connectivity index (χ0n) is 15.7. The first-order valence-electron chi connectivity index (χ1n) is 9.02. The van der Waals surface area contributed by atoms with E-state index in [1.54, 1.807) is 37.3 Å². The molecule has 0 saturated carbocycles. The van der Waals surface area contributed by atoms with E-state index >= 15 is 0 Å². The molecule has 0 fully saturated rings. The lowest BCUT2D eigenvalue weighted by Crippen LogP contribution is -2.22. The lowest BCUT2D eigenvalue weighted by molar-refractivity contribution is 0.102. The third-order valence-corrected chi connectivity index (χ3v) is 4.29. The van der Waals surface area contributed by atoms with Gasteiger partial charge in [-0.1, -0.05) is 25.1 Å². The SMILES string of the molecule is CCOC(=O)Nc1ccc(CC)c(NC(=O)c2c[nH]c3ccccc3c2=O)c1. The van der Waals surface area contributed by atoms with Crippen molar-refractivity contribution >= 4 is 34.3 Å². The standard InChI is InChI=1S/C21H21N3O4/c1-3-13-9-10-14(23-21(27)28-4-2)11-18(13)24-20(26)16-12-22-17-8-6-5-7-15(17)19(16)25/h5-12H,3-4H2,1-2H3,(H,22,25)(H,23,27)(H,24,26). The summed E-state index contributed by atoms with van der Waals surface area (Å²) < 4.78 is 4.87. The molecule has 0 spiro atoms. The fraction of sp³-hybridized carbons (Fsp3) is 0.190. The molecular formula is C21H21N3O4. The Kier molecular flexibility index (Phi) is 5.74. The van der Waals surface area contributed by atoms with Crippen LogP contribution >= 0.6 is 0 Å². The van der Waals surface area contributed by atoms with Crippen LogP contribution < -0.4 is 16.1 Å². The van der Waals surface area contributed by atoms with E-state index in [-0.39, 0.29) is 17.6 Å². The number of hydrogen-bond acceptors (Lipinski definition) is 4. The predicted octanol–water partition coefficient (Wildman–Crippen LogP) is 3.91. The molecule has 1 aromatic heterocycles. The Balaban J connectivity index is 1.90. The van der Waals surface area contributed by atoms with E-state index in [2.05, 4.69) is 15.6 Å². The van der Waals surface area contributed by atoms with Crippen molar-refractivity contribution < 1.29 is 14.3 Å². The molecule has 144 valence electrons. The van der Waals surface area contributed by atoms with Crippen molar-refractivity contribution in [2.24, 2.45) is 0 Å². The van der Waals surface area contributed by atoms with E-state index in [1.807, 2.05) is 19.1 Å². The molecule has 7 heteroatoms. The fourth-order valence-electron chi connectivity index (χ4n) is 2.89. The summed E-state index contributed by atoms with van der Waals surface area (Å²) in [6.45, 7) is 3.92. The number of anilines is 2. The van der Waals surface area contributed by atoms with Crippen LogP contribution in [0.25, 0.3) is 10.9 Å². The molecule has 2 aromatic carbocycles. The third-order valence-electron chi connectivity index (χ3n) is 4.29. The van der Waals surface area contributed by atoms with E-state index in [9.17, 15) is 14.4 Å². The first-order valence-corrected chi connectivity index (χ1v) is 9.02. The van der Waals surface area contributed by atoms with Gasteiger partial charge in [0.2, 0.25) is 5.43 Å². The molecule has 3 rings (SSSR count). The van der Waals surface area contributed by atoms with Crippen molar-refractivity contribution in [2.45, 2.75) is 20.3 Å². The number of pyridine rings is 1. The average Bonchev–Trinajstić information content (AvgIpc) is 2.69. The van der Waals surface area contributed by atoms with Gasteiger partial charge in [-0.2, -0.15) is 0 Å². The summed E-state index contributed by atoms with van der Waals surface area (Å²) >= 11 is 0. The van der Waals surface area contributed by atoms with E-state index < -0.39 is 12.0 Å². The van der Waals surface area contributed by atoms with Crippen LogP contribution in [0.2, 0.25) is 0 Å². The molecule has 0 aliphatic heterocycles. The molecule has 0 radical (unpaired) electrons. The number of H-pyrrole nitrogens is 1. The minimum absolute atomic E-state index is 0.0181. The number of nitrogens with one attached hydrogen (secondary N) is 3. The minimum Gasteiger partial charge on any atom is -0.450 e. The number of ether oxygens (including phenoxy) is 1. The summed E-state index contributed by atoms with van der Waals surface area (Å²) in [6.07, 6.45) is 1.51. The van der Waals surface area contributed by atoms with Crippen LogP contribution in [0.3, 0.4) is 0 Å². The highest BCUT2D eigenvalue weighted by Gasteiger charge is 2.15. The summed E-state index contributed by atoms with van der Waals surface area (Å²) in [6, 6.07) is 12.2. The van der Waals surface area contributed by atoms with Crippen molar-refractivity contribution in [3.63, 3.8) is 0 Å². The second-order valence-corrected chi connectivity index (χ2v) is 6.10. The van der Waals surface area contributed by atoms with E-state index in [0.717, 1.165) is 5.56 Å². The Hall–Kier alpha value is -3.61. The number of hydrogen-bond donors (Lipinski definition) is 3. The van der Waals surface area contributed by atoms with Crippen molar-refractivity contribution in [3.05, 3.63) is 70.0 Å². The number of para-hydroxylation sites is 1. The van der Waals surface area contributed by atoms with Gasteiger partial charge in [-0.3, -0.25) is 14.9 Å². The van der Waals surface area contributed by atoms with Crippen LogP contribution in [0.5, 0.6) is 0 Å². The van der Waals surface area contributed by atoms with E-state index in [4.69, 9.17) is 4.74 Å². The van der Waals surface area contributed by atoms with Crippen LogP contribution in [0.1, 0.15) is 29.8 Å². The number of carbonyl (C=O) groups is 2. The summed E-state index contributed by atoms with van der Waals surface area (Å²) in [5, 5.41) is 5.83. The number of carbonyl (C=O) groups excluding carboxylic acids is 2. The predicted molar refractivity (Wildman–Crippen MR) is 109 cm³/mol. The second-order valence-electron chi connectivity index (χ2n) is 6.10. The minimum atomic E-state index is -0.574. The number of rotatable bonds is 5. The van der Waals surface area contributed by atoms with Gasteiger partial charge < -0.3 is 15.0 Å². The quantitative estimate of drug-likeness (QED) is 0.626. The first-order chi connectivity index (χ1) is 13.5. The maximum Gasteiger partial charge on any atom is 0.411 e. The second kappa shape index (κ2) is 8.39. The molecule has 0 saturated heterocycles. The van der Waals surface area contributed by atoms with Crippen LogP contribution in [-0.4, -0.2) is 23.6 Å². The number of aromatic amines is 1. The first kappa shape index (κ1) is 19.2. The summed E-state index contributed by atoms with van der Waals surface area (Å²) in [4.78, 5) is 40.0. The summed E-state index contributed by atoms with van der Waals surface area (Å²) in [5.41, 5.74) is 2.22. The highest BCUT2D eigenvalue weighted by Crippen LogP contribution is 2.22. The van der Waals surface area contributed by atoms with Gasteiger partial charge in [0.1, 0.15) is 5.56 Å². The Bertz CT molecular complexity index is 1090. The molecule has 3 aromatic rings. The topological polar surface area (TPSA) is 100 Å². The van der Waals surface area contributed by atoms with Gasteiger partial charge in [0.05, 0.1) is 6.61 Å². The highest BCUT2D eigenvalue weighted by molar-refractivity contribution is 6.06. The maximum absolute atomic E-state index is 12.7. The monoisotopic (exact) mass is 379 g/mol. The van der Waals surface area contributed by atoms with Crippen LogP contribution in [0.15, 0.2) is 53.5 Å². The molecule has 0 bridgehead atoms. The van der Waals surface area contributed by atoms with Gasteiger partial charge in [-0.15, -0.1) is 0 Å². The van der Waals surface area contributed by atoms with Crippen molar-refractivity contribution in [2.75, 3.05) is 17.2 Å². The van der Waals surface area contributed by atoms with E-state index in [1.165, 1.54) is 6.20 Å². The van der Waals surface area contributed by atoms with Gasteiger partial charge in [0.25, 0.3) is 5.91 Å². The Morgan fingerprint density at radius 1 is 1.07 bits per heavy atom. The molecule has 7 nitrogen and oxygen atoms in total. The van der Waals surface area contributed by atoms with Crippen LogP contribution in [0.4, 0.5) is 16.2 Å². The van der Waals surface area contributed by atoms with Gasteiger partial charge in [0, 0.05) is 28.5 Å². The number of aryl methyl sites for hydroxylation is 1. The Morgan fingerprint density at radius 3 is 2.61 bits per heavy atom. The van der Waals surface area contributed by atoms with Gasteiger partial charge in [-0.05, 0) is 43.2 Å². The molecule has 0 aliphatic rings. The fourth-order valence-corrected chi connectivity index (χ4v) is 2.89. The number of fused-ring (bicyclic) bond motifs is 1. The molecule has 28 heavy (non-hydrogen) atoms. The number of aromatic nitrogens is 1. The van der Waals surface area contributed by atoms with E-state index in [0.29, 0.717) is 28.7 Å². The number of amides is 2. The Morgan fingerprint density at radius 2 is 1.86 bits per heavy atom. The Labute approximate surface area is 161 Å². The van der Waals surface area contributed by atoms with Gasteiger partial charge in [-0.25, -0.2) is 4.79 Å². The van der Waals surface area contributed by atoms with Crippen LogP contribution in [-0.2, 0) is 11.2 Å². The molecular weight excluding hydrogens is 358 g/mol. The lowest BCUT2D eigenvalue weighted by atomic mass is 10.1. The molecule has 3 N–H and O–H groups in total. The highest BCUT2D eigenvalue weighted by atomic mass is 16.5. The van der Waals surface area contributed by atoms with Gasteiger partial charge >= 0.3 is 6.09 Å². The molecule has 0 unspecified atom stereocenters. The molecule has 2 amide bonds. The zero-order chi connectivity index (χ0) is 20.1. The van der Waals surface area contributed by atoms with Gasteiger partial charge in [0.15, 0.2) is 0 Å². The maximum atomic E-state index is 12.7. The average molecular weight is 379 g/mol. The zero-order valence-corrected chi connectivity index (χ0v) is 15.7. The summed E-state index contributed by atoms with van der Waals surface area (Å²) in [7, 11) is 0. The van der Waals surface area contributed by atoms with Crippen molar-refractivity contribution in [1.82, 2.24) is 4.98 Å². The smallest absolute Gasteiger partial charge is 0.411 e. The van der Waals surface area contributed by atoms with Crippen molar-refractivity contribution in [3.8, 4) is 0 Å². The normalized spacial score (nSPS) is 10.5. The molecule has 1 heterocycles. The molecule has 0 aliphatic carbocycles. The van der Waals surface area contributed by atoms with Crippen molar-refractivity contribution in [1.29, 1.82) is 0 Å². The van der Waals surface area contributed by atoms with Crippen LogP contribution in [0, 0.1) is 0 Å².